The summed E-state index contributed by atoms with van der Waals surface area (Å²) < 4.78 is 38.4. The maximum atomic E-state index is 13.9. The van der Waals surface area contributed by atoms with Gasteiger partial charge in [-0.25, -0.2) is 8.42 Å². The van der Waals surface area contributed by atoms with Gasteiger partial charge in [0, 0.05) is 23.1 Å². The number of hydrogen-bond donors (Lipinski definition) is 2. The van der Waals surface area contributed by atoms with Crippen LogP contribution in [0.25, 0.3) is 22.3 Å². The first-order valence-electron chi connectivity index (χ1n) is 14.8. The van der Waals surface area contributed by atoms with Crippen molar-refractivity contribution >= 4 is 50.2 Å². The van der Waals surface area contributed by atoms with Crippen LogP contribution in [0.3, 0.4) is 0 Å². The second-order valence-corrected chi connectivity index (χ2v) is 14.1. The number of anilines is 1. The normalized spacial score (nSPS) is 12.3. The molecule has 8 nitrogen and oxygen atoms in total. The molecule has 1 unspecified atom stereocenters. The molecule has 0 radical (unpaired) electrons. The Hall–Kier alpha value is -3.44. The SMILES string of the molecule is CC(C)(C)c1ccc(C(Cc2ccc(C(=O)NCCS(=O)(=O)[O-])cc2)C(=O)Nc2ccc(-c3cc4ccccc4o3)cc2Cl)cc1.[Na+]. The summed E-state index contributed by atoms with van der Waals surface area (Å²) in [5, 5.41) is 6.78. The summed E-state index contributed by atoms with van der Waals surface area (Å²) >= 11 is 6.67. The molecule has 0 bridgehead atoms. The fraction of sp³-hybridized carbons (Fsp3) is 0.222. The molecule has 1 heterocycles. The van der Waals surface area contributed by atoms with E-state index >= 15 is 0 Å². The largest absolute Gasteiger partial charge is 1.00 e. The van der Waals surface area contributed by atoms with E-state index in [-0.39, 0.29) is 47.4 Å². The molecule has 11 heteroatoms. The van der Waals surface area contributed by atoms with Crippen LogP contribution in [0, 0.1) is 0 Å². The number of fused-ring (bicyclic) bond motifs is 1. The van der Waals surface area contributed by atoms with Crippen LogP contribution in [0.5, 0.6) is 0 Å². The first kappa shape index (κ1) is 36.4. The third-order valence-corrected chi connectivity index (χ3v) is 8.74. The number of hydrogen-bond acceptors (Lipinski definition) is 6. The van der Waals surface area contributed by atoms with Gasteiger partial charge in [-0.1, -0.05) is 87.0 Å². The number of para-hydroxylation sites is 1. The Labute approximate surface area is 301 Å². The number of rotatable bonds is 10. The molecule has 47 heavy (non-hydrogen) atoms. The van der Waals surface area contributed by atoms with Crippen LogP contribution < -0.4 is 40.2 Å². The zero-order chi connectivity index (χ0) is 33.1. The third-order valence-electron chi connectivity index (χ3n) is 7.73. The summed E-state index contributed by atoms with van der Waals surface area (Å²) in [6, 6.07) is 29.7. The number of amides is 2. The third kappa shape index (κ3) is 9.56. The molecule has 1 aromatic heterocycles. The Morgan fingerprint density at radius 1 is 0.915 bits per heavy atom. The quantitative estimate of drug-likeness (QED) is 0.167. The molecule has 2 amide bonds. The molecule has 5 aromatic rings. The molecular weight excluding hydrogens is 647 g/mol. The van der Waals surface area contributed by atoms with Gasteiger partial charge < -0.3 is 19.6 Å². The standard InChI is InChI=1S/C36H35ClN2O6S.Na/c1-36(2,3)28-15-12-24(13-16-28)29(20-23-8-10-25(11-9-23)34(40)38-18-19-46(42,43)44)35(41)39-31-17-14-27(21-30(31)37)33-22-26-6-4-5-7-32(26)45-33;/h4-17,21-22,29H,18-20H2,1-3H3,(H,38,40)(H,39,41)(H,42,43,44);/q;+1/p-1. The van der Waals surface area contributed by atoms with Crippen molar-refractivity contribution in [2.24, 2.45) is 0 Å². The summed E-state index contributed by atoms with van der Waals surface area (Å²) in [5.41, 5.74) is 5.04. The molecule has 1 atom stereocenters. The average Bonchev–Trinajstić information content (AvgIpc) is 3.45. The topological polar surface area (TPSA) is 129 Å². The molecule has 0 saturated heterocycles. The van der Waals surface area contributed by atoms with E-state index in [4.69, 9.17) is 16.0 Å². The molecule has 0 fully saturated rings. The number of benzene rings is 4. The van der Waals surface area contributed by atoms with Crippen molar-refractivity contribution in [3.8, 4) is 11.3 Å². The van der Waals surface area contributed by atoms with Crippen molar-refractivity contribution in [2.75, 3.05) is 17.6 Å². The van der Waals surface area contributed by atoms with Crippen molar-refractivity contribution in [1.82, 2.24) is 5.32 Å². The van der Waals surface area contributed by atoms with Crippen molar-refractivity contribution in [1.29, 1.82) is 0 Å². The predicted molar refractivity (Wildman–Crippen MR) is 180 cm³/mol. The molecule has 5 rings (SSSR count). The Morgan fingerprint density at radius 3 is 2.21 bits per heavy atom. The van der Waals surface area contributed by atoms with Crippen LogP contribution in [0.15, 0.2) is 101 Å². The second kappa shape index (κ2) is 15.2. The van der Waals surface area contributed by atoms with Gasteiger partial charge in [0.15, 0.2) is 0 Å². The Balaban J connectivity index is 0.00000500. The molecule has 238 valence electrons. The Morgan fingerprint density at radius 2 is 1.60 bits per heavy atom. The number of carbonyl (C=O) groups excluding carboxylic acids is 2. The number of halogens is 1. The van der Waals surface area contributed by atoms with E-state index in [1.165, 1.54) is 0 Å². The second-order valence-electron chi connectivity index (χ2n) is 12.2. The molecule has 0 saturated carbocycles. The minimum absolute atomic E-state index is 0. The summed E-state index contributed by atoms with van der Waals surface area (Å²) in [4.78, 5) is 26.3. The van der Waals surface area contributed by atoms with Gasteiger partial charge in [-0.15, -0.1) is 0 Å². The molecule has 0 aliphatic heterocycles. The van der Waals surface area contributed by atoms with Gasteiger partial charge >= 0.3 is 29.6 Å². The number of carbonyl (C=O) groups is 2. The van der Waals surface area contributed by atoms with Crippen LogP contribution in [-0.2, 0) is 26.7 Å². The van der Waals surface area contributed by atoms with E-state index in [1.807, 2.05) is 60.7 Å². The molecule has 2 N–H and O–H groups in total. The molecular formula is C36H34ClN2NaO6S. The minimum Gasteiger partial charge on any atom is -0.748 e. The van der Waals surface area contributed by atoms with E-state index in [2.05, 4.69) is 31.4 Å². The fourth-order valence-corrected chi connectivity index (χ4v) is 5.69. The van der Waals surface area contributed by atoms with Crippen LogP contribution in [0.1, 0.15) is 53.7 Å². The molecule has 4 aromatic carbocycles. The van der Waals surface area contributed by atoms with Gasteiger partial charge in [-0.05, 0) is 71.0 Å². The van der Waals surface area contributed by atoms with E-state index in [9.17, 15) is 22.6 Å². The molecule has 0 spiro atoms. The van der Waals surface area contributed by atoms with Crippen LogP contribution in [-0.4, -0.2) is 37.1 Å². The van der Waals surface area contributed by atoms with Crippen LogP contribution >= 0.6 is 11.6 Å². The number of nitrogens with one attached hydrogen (secondary N) is 2. The predicted octanol–water partition coefficient (Wildman–Crippen LogP) is 4.29. The van der Waals surface area contributed by atoms with Gasteiger partial charge in [0.05, 0.1) is 32.5 Å². The van der Waals surface area contributed by atoms with Gasteiger partial charge in [0.1, 0.15) is 11.3 Å². The summed E-state index contributed by atoms with van der Waals surface area (Å²) in [6.07, 6.45) is 0.339. The van der Waals surface area contributed by atoms with Crippen molar-refractivity contribution in [3.05, 3.63) is 124 Å². The van der Waals surface area contributed by atoms with Gasteiger partial charge in [-0.2, -0.15) is 0 Å². The van der Waals surface area contributed by atoms with Gasteiger partial charge in [0.2, 0.25) is 5.91 Å². The first-order chi connectivity index (χ1) is 21.8. The monoisotopic (exact) mass is 680 g/mol. The van der Waals surface area contributed by atoms with E-state index < -0.39 is 27.7 Å². The van der Waals surface area contributed by atoms with E-state index in [1.54, 1.807) is 36.4 Å². The van der Waals surface area contributed by atoms with E-state index in [0.717, 1.165) is 33.2 Å². The zero-order valence-electron chi connectivity index (χ0n) is 26.7. The Bertz CT molecular complexity index is 1950. The summed E-state index contributed by atoms with van der Waals surface area (Å²) in [5.74, 6) is -1.34. The Kier molecular flexibility index (Phi) is 11.8. The van der Waals surface area contributed by atoms with Crippen LogP contribution in [0.2, 0.25) is 5.02 Å². The van der Waals surface area contributed by atoms with Crippen LogP contribution in [0.4, 0.5) is 5.69 Å². The van der Waals surface area contributed by atoms with Crippen molar-refractivity contribution in [3.63, 3.8) is 0 Å². The minimum atomic E-state index is -4.43. The van der Waals surface area contributed by atoms with Gasteiger partial charge in [-0.3, -0.25) is 9.59 Å². The fourth-order valence-electron chi connectivity index (χ4n) is 5.11. The van der Waals surface area contributed by atoms with Gasteiger partial charge in [0.25, 0.3) is 5.91 Å². The summed E-state index contributed by atoms with van der Waals surface area (Å²) in [6.45, 7) is 6.10. The van der Waals surface area contributed by atoms with E-state index in [0.29, 0.717) is 28.5 Å². The maximum Gasteiger partial charge on any atom is 1.00 e. The molecule has 0 aliphatic rings. The smallest absolute Gasteiger partial charge is 0.748 e. The summed E-state index contributed by atoms with van der Waals surface area (Å²) in [7, 11) is -4.43. The average molecular weight is 681 g/mol. The van der Waals surface area contributed by atoms with Crippen molar-refractivity contribution < 1.29 is 56.5 Å². The maximum absolute atomic E-state index is 13.9. The van der Waals surface area contributed by atoms with Crippen molar-refractivity contribution in [2.45, 2.75) is 38.5 Å². The molecule has 0 aliphatic carbocycles. The first-order valence-corrected chi connectivity index (χ1v) is 16.7. The number of furan rings is 1. The zero-order valence-corrected chi connectivity index (χ0v) is 30.2.